The van der Waals surface area contributed by atoms with Gasteiger partial charge in [0, 0.05) is 12.1 Å². The number of aliphatic hydroxyl groups excluding tert-OH is 1. The van der Waals surface area contributed by atoms with E-state index in [0.29, 0.717) is 42.2 Å². The Kier molecular flexibility index (Phi) is 9.61. The Labute approximate surface area is 236 Å². The number of hydrogen-bond donors (Lipinski definition) is 1. The summed E-state index contributed by atoms with van der Waals surface area (Å²) in [4.78, 5) is 30.5. The molecule has 40 heavy (non-hydrogen) atoms. The smallest absolute Gasteiger partial charge is 0.295 e. The molecule has 7 nitrogen and oxygen atoms in total. The predicted octanol–water partition coefficient (Wildman–Crippen LogP) is 5.74. The summed E-state index contributed by atoms with van der Waals surface area (Å²) < 4.78 is 11.3. The van der Waals surface area contributed by atoms with Gasteiger partial charge in [0.1, 0.15) is 23.9 Å². The first-order valence-corrected chi connectivity index (χ1v) is 13.8. The van der Waals surface area contributed by atoms with Gasteiger partial charge in [-0.1, -0.05) is 55.8 Å². The molecular formula is C33H38N2O5. The van der Waals surface area contributed by atoms with Crippen LogP contribution in [0.3, 0.4) is 0 Å². The van der Waals surface area contributed by atoms with Crippen molar-refractivity contribution in [3.8, 4) is 11.5 Å². The van der Waals surface area contributed by atoms with Gasteiger partial charge in [0.2, 0.25) is 0 Å². The fourth-order valence-corrected chi connectivity index (χ4v) is 4.99. The van der Waals surface area contributed by atoms with Crippen molar-refractivity contribution in [3.63, 3.8) is 0 Å². The third-order valence-corrected chi connectivity index (χ3v) is 7.37. The molecule has 1 atom stereocenters. The minimum Gasteiger partial charge on any atom is -0.507 e. The normalized spacial score (nSPS) is 16.5. The van der Waals surface area contributed by atoms with Crippen LogP contribution in [0.25, 0.3) is 5.76 Å². The lowest BCUT2D eigenvalue weighted by atomic mass is 9.95. The second-order valence-electron chi connectivity index (χ2n) is 9.95. The Balaban J connectivity index is 1.62. The molecule has 1 fully saturated rings. The van der Waals surface area contributed by atoms with Crippen molar-refractivity contribution < 1.29 is 24.2 Å². The summed E-state index contributed by atoms with van der Waals surface area (Å²) in [5, 5.41) is 11.4. The number of amides is 1. The Hall–Kier alpha value is -4.10. The van der Waals surface area contributed by atoms with Crippen LogP contribution in [0.1, 0.15) is 48.6 Å². The highest BCUT2D eigenvalue weighted by Crippen LogP contribution is 2.40. The molecule has 1 aliphatic rings. The number of likely N-dealkylation sites (tertiary alicyclic amines) is 1. The van der Waals surface area contributed by atoms with E-state index in [1.807, 2.05) is 55.5 Å². The number of aliphatic hydroxyl groups is 1. The van der Waals surface area contributed by atoms with Gasteiger partial charge in [0.25, 0.3) is 11.7 Å². The quantitative estimate of drug-likeness (QED) is 0.179. The number of ketones is 1. The number of ether oxygens (including phenoxy) is 2. The molecule has 210 valence electrons. The van der Waals surface area contributed by atoms with Crippen molar-refractivity contribution in [2.75, 3.05) is 33.3 Å². The number of nitrogens with zero attached hydrogens (tertiary/aromatic N) is 2. The molecule has 1 aliphatic heterocycles. The van der Waals surface area contributed by atoms with Crippen LogP contribution in [-0.2, 0) is 16.2 Å². The van der Waals surface area contributed by atoms with E-state index >= 15 is 0 Å². The third kappa shape index (κ3) is 6.54. The second-order valence-corrected chi connectivity index (χ2v) is 9.95. The molecule has 4 rings (SSSR count). The molecule has 0 unspecified atom stereocenters. The molecule has 0 spiro atoms. The van der Waals surface area contributed by atoms with E-state index in [2.05, 4.69) is 18.7 Å². The molecule has 1 saturated heterocycles. The summed E-state index contributed by atoms with van der Waals surface area (Å²) in [5.41, 5.74) is 3.47. The molecule has 0 aliphatic carbocycles. The van der Waals surface area contributed by atoms with Gasteiger partial charge in [-0.3, -0.25) is 9.59 Å². The molecule has 1 amide bonds. The number of aryl methyl sites for hydroxylation is 1. The molecule has 0 aromatic heterocycles. The van der Waals surface area contributed by atoms with Crippen molar-refractivity contribution in [2.24, 2.45) is 0 Å². The lowest BCUT2D eigenvalue weighted by molar-refractivity contribution is -0.140. The highest BCUT2D eigenvalue weighted by Gasteiger charge is 2.45. The van der Waals surface area contributed by atoms with E-state index in [4.69, 9.17) is 9.47 Å². The van der Waals surface area contributed by atoms with Crippen LogP contribution in [0.4, 0.5) is 0 Å². The number of carbonyl (C=O) groups excluding carboxylic acids is 2. The fourth-order valence-electron chi connectivity index (χ4n) is 4.99. The van der Waals surface area contributed by atoms with E-state index in [0.717, 1.165) is 25.2 Å². The van der Waals surface area contributed by atoms with Gasteiger partial charge >= 0.3 is 0 Å². The summed E-state index contributed by atoms with van der Waals surface area (Å²) in [6.45, 7) is 9.70. The number of hydrogen-bond acceptors (Lipinski definition) is 6. The van der Waals surface area contributed by atoms with Gasteiger partial charge in [-0.25, -0.2) is 0 Å². The van der Waals surface area contributed by atoms with Crippen LogP contribution in [0, 0.1) is 6.92 Å². The van der Waals surface area contributed by atoms with Crippen molar-refractivity contribution in [2.45, 2.75) is 39.8 Å². The van der Waals surface area contributed by atoms with Crippen LogP contribution in [0.15, 0.2) is 78.4 Å². The maximum atomic E-state index is 13.4. The summed E-state index contributed by atoms with van der Waals surface area (Å²) in [5.74, 6) is -0.248. The van der Waals surface area contributed by atoms with Gasteiger partial charge in [0.05, 0.1) is 18.7 Å². The zero-order valence-corrected chi connectivity index (χ0v) is 23.7. The summed E-state index contributed by atoms with van der Waals surface area (Å²) in [7, 11) is 1.57. The highest BCUT2D eigenvalue weighted by molar-refractivity contribution is 6.46. The lowest BCUT2D eigenvalue weighted by Gasteiger charge is -2.27. The topological polar surface area (TPSA) is 79.3 Å². The first-order chi connectivity index (χ1) is 19.4. The van der Waals surface area contributed by atoms with Gasteiger partial charge in [-0.15, -0.1) is 0 Å². The molecule has 1 heterocycles. The van der Waals surface area contributed by atoms with Crippen LogP contribution >= 0.6 is 0 Å². The number of rotatable bonds is 12. The summed E-state index contributed by atoms with van der Waals surface area (Å²) >= 11 is 0. The minimum absolute atomic E-state index is 0.0782. The van der Waals surface area contributed by atoms with Crippen LogP contribution in [0.5, 0.6) is 11.5 Å². The van der Waals surface area contributed by atoms with Crippen molar-refractivity contribution in [3.05, 3.63) is 101 Å². The van der Waals surface area contributed by atoms with Crippen molar-refractivity contribution in [1.29, 1.82) is 0 Å². The summed E-state index contributed by atoms with van der Waals surface area (Å²) in [6.07, 6.45) is 0.711. The van der Waals surface area contributed by atoms with E-state index in [9.17, 15) is 14.7 Å². The average molecular weight is 543 g/mol. The van der Waals surface area contributed by atoms with Crippen LogP contribution in [-0.4, -0.2) is 59.9 Å². The zero-order valence-electron chi connectivity index (χ0n) is 23.7. The van der Waals surface area contributed by atoms with Gasteiger partial charge < -0.3 is 24.4 Å². The van der Waals surface area contributed by atoms with E-state index in [1.165, 1.54) is 5.56 Å². The van der Waals surface area contributed by atoms with E-state index in [1.54, 1.807) is 36.3 Å². The maximum Gasteiger partial charge on any atom is 0.295 e. The summed E-state index contributed by atoms with van der Waals surface area (Å²) in [6, 6.07) is 21.6. The van der Waals surface area contributed by atoms with Gasteiger partial charge in [0.15, 0.2) is 0 Å². The SMILES string of the molecule is CCN(CC)CCCN1C(=O)C(=O)C(=C(O)c2ccc(OCc3ccc(C)cc3)cc2)[C@H]1c1cccc(OC)c1. The Morgan fingerprint density at radius 1 is 0.950 bits per heavy atom. The third-order valence-electron chi connectivity index (χ3n) is 7.37. The monoisotopic (exact) mass is 542 g/mol. The minimum atomic E-state index is -0.718. The number of benzene rings is 3. The molecule has 7 heteroatoms. The fraction of sp³-hybridized carbons (Fsp3) is 0.333. The Morgan fingerprint density at radius 3 is 2.30 bits per heavy atom. The molecule has 3 aromatic carbocycles. The largest absolute Gasteiger partial charge is 0.507 e. The van der Waals surface area contributed by atoms with E-state index < -0.39 is 17.7 Å². The van der Waals surface area contributed by atoms with Crippen LogP contribution in [0.2, 0.25) is 0 Å². The van der Waals surface area contributed by atoms with Gasteiger partial charge in [-0.2, -0.15) is 0 Å². The second kappa shape index (κ2) is 13.3. The Morgan fingerprint density at radius 2 is 1.65 bits per heavy atom. The molecule has 0 bridgehead atoms. The molecule has 1 N–H and O–H groups in total. The number of methoxy groups -OCH3 is 1. The Bertz CT molecular complexity index is 1340. The maximum absolute atomic E-state index is 13.4. The average Bonchev–Trinajstić information content (AvgIpc) is 3.24. The predicted molar refractivity (Wildman–Crippen MR) is 156 cm³/mol. The van der Waals surface area contributed by atoms with Crippen molar-refractivity contribution >= 4 is 17.4 Å². The first-order valence-electron chi connectivity index (χ1n) is 13.8. The first kappa shape index (κ1) is 28.9. The number of Topliss-reactive ketones (excluding diaryl/α,β-unsaturated/α-hetero) is 1. The molecular weight excluding hydrogens is 504 g/mol. The highest BCUT2D eigenvalue weighted by atomic mass is 16.5. The van der Waals surface area contributed by atoms with Gasteiger partial charge in [-0.05, 0) is 80.5 Å². The van der Waals surface area contributed by atoms with E-state index in [-0.39, 0.29) is 11.3 Å². The number of carbonyl (C=O) groups is 2. The molecule has 3 aromatic rings. The van der Waals surface area contributed by atoms with Crippen LogP contribution < -0.4 is 9.47 Å². The lowest BCUT2D eigenvalue weighted by Crippen LogP contribution is -2.33. The molecule has 0 saturated carbocycles. The standard InChI is InChI=1S/C33H38N2O5/c1-5-34(6-2)19-8-20-35-30(26-9-7-10-28(21-26)39-4)29(32(37)33(35)38)31(36)25-15-17-27(18-16-25)40-22-24-13-11-23(3)12-14-24/h7,9-18,21,30,36H,5-6,8,19-20,22H2,1-4H3/t30-/m1/s1. The van der Waals surface area contributed by atoms with Crippen molar-refractivity contribution in [1.82, 2.24) is 9.80 Å². The molecule has 0 radical (unpaired) electrons. The zero-order chi connectivity index (χ0) is 28.6.